The van der Waals surface area contributed by atoms with Gasteiger partial charge in [0.25, 0.3) is 0 Å². The summed E-state index contributed by atoms with van der Waals surface area (Å²) in [6.07, 6.45) is 5.91. The lowest BCUT2D eigenvalue weighted by Gasteiger charge is -1.98. The van der Waals surface area contributed by atoms with Gasteiger partial charge in [-0.1, -0.05) is 29.8 Å². The Morgan fingerprint density at radius 1 is 1.11 bits per heavy atom. The summed E-state index contributed by atoms with van der Waals surface area (Å²) in [5.41, 5.74) is 1.99. The maximum absolute atomic E-state index is 5.88. The van der Waals surface area contributed by atoms with E-state index in [1.54, 1.807) is 17.8 Å². The highest BCUT2D eigenvalue weighted by Gasteiger charge is 1.96. The summed E-state index contributed by atoms with van der Waals surface area (Å²) in [6, 6.07) is 10.1. The molecule has 0 radical (unpaired) electrons. The number of nitrogens with zero attached hydrogens (tertiary/aromatic N) is 2. The molecule has 0 aliphatic carbocycles. The first-order chi connectivity index (χ1) is 8.67. The molecule has 0 saturated heterocycles. The monoisotopic (exact) mass is 276 g/mol. The van der Waals surface area contributed by atoms with E-state index in [1.807, 2.05) is 19.1 Å². The molecule has 18 heavy (non-hydrogen) atoms. The molecule has 0 amide bonds. The summed E-state index contributed by atoms with van der Waals surface area (Å²) in [5.74, 6) is 0.633. The van der Waals surface area contributed by atoms with Crippen molar-refractivity contribution < 1.29 is 0 Å². The molecule has 92 valence electrons. The molecule has 1 aromatic heterocycles. The van der Waals surface area contributed by atoms with Crippen molar-refractivity contribution >= 4 is 35.5 Å². The van der Waals surface area contributed by atoms with Crippen molar-refractivity contribution in [2.75, 3.05) is 6.26 Å². The second kappa shape index (κ2) is 6.03. The fraction of sp³-hybridized carbons (Fsp3) is 0.143. The van der Waals surface area contributed by atoms with Gasteiger partial charge in [-0.05, 0) is 43.0 Å². The van der Waals surface area contributed by atoms with E-state index in [0.29, 0.717) is 11.0 Å². The van der Waals surface area contributed by atoms with E-state index < -0.39 is 0 Å². The molecule has 2 nitrogen and oxygen atoms in total. The molecule has 0 fully saturated rings. The van der Waals surface area contributed by atoms with Crippen molar-refractivity contribution in [2.45, 2.75) is 11.8 Å². The van der Waals surface area contributed by atoms with Gasteiger partial charge in [-0.15, -0.1) is 11.8 Å². The highest BCUT2D eigenvalue weighted by Crippen LogP contribution is 2.16. The molecule has 2 rings (SSSR count). The average molecular weight is 277 g/mol. The predicted octanol–water partition coefficient (Wildman–Crippen LogP) is 4.33. The van der Waals surface area contributed by atoms with Gasteiger partial charge >= 0.3 is 0 Å². The van der Waals surface area contributed by atoms with Crippen LogP contribution >= 0.6 is 23.4 Å². The molecule has 0 unspecified atom stereocenters. The first kappa shape index (κ1) is 13.1. The lowest BCUT2D eigenvalue weighted by Crippen LogP contribution is -1.90. The van der Waals surface area contributed by atoms with Crippen LogP contribution in [0.4, 0.5) is 0 Å². The molecule has 0 atom stereocenters. The molecule has 0 saturated carbocycles. The molecule has 0 aliphatic heterocycles. The van der Waals surface area contributed by atoms with Crippen LogP contribution < -0.4 is 0 Å². The van der Waals surface area contributed by atoms with E-state index in [2.05, 4.69) is 40.5 Å². The highest BCUT2D eigenvalue weighted by molar-refractivity contribution is 7.98. The summed E-state index contributed by atoms with van der Waals surface area (Å²) in [5, 5.41) is 0.472. The Hall–Kier alpha value is -1.32. The Kier molecular flexibility index (Phi) is 4.39. The van der Waals surface area contributed by atoms with Gasteiger partial charge in [0.15, 0.2) is 5.82 Å². The van der Waals surface area contributed by atoms with Crippen LogP contribution in [0, 0.1) is 6.92 Å². The first-order valence-corrected chi connectivity index (χ1v) is 7.11. The zero-order valence-corrected chi connectivity index (χ0v) is 11.8. The minimum Gasteiger partial charge on any atom is -0.234 e. The standard InChI is InChI=1S/C14H13ClN2S/c1-10-9-13(15)17-14(16-10)8-5-11-3-6-12(18-2)7-4-11/h3-9H,1-2H3/b8-5+. The molecule has 0 aliphatic rings. The van der Waals surface area contributed by atoms with Crippen LogP contribution in [0.5, 0.6) is 0 Å². The summed E-state index contributed by atoms with van der Waals surface area (Å²) >= 11 is 7.61. The van der Waals surface area contributed by atoms with Gasteiger partial charge in [-0.3, -0.25) is 0 Å². The Morgan fingerprint density at radius 3 is 2.44 bits per heavy atom. The van der Waals surface area contributed by atoms with Crippen molar-refractivity contribution in [3.63, 3.8) is 0 Å². The normalized spacial score (nSPS) is 11.1. The Balaban J connectivity index is 2.18. The highest BCUT2D eigenvalue weighted by atomic mass is 35.5. The zero-order chi connectivity index (χ0) is 13.0. The SMILES string of the molecule is CSc1ccc(/C=C/c2nc(C)cc(Cl)n2)cc1. The second-order valence-electron chi connectivity index (χ2n) is 3.80. The second-order valence-corrected chi connectivity index (χ2v) is 5.06. The maximum Gasteiger partial charge on any atom is 0.153 e. The van der Waals surface area contributed by atoms with Gasteiger partial charge in [0.1, 0.15) is 5.15 Å². The summed E-state index contributed by atoms with van der Waals surface area (Å²) < 4.78 is 0. The number of aromatic nitrogens is 2. The Labute approximate surface area is 116 Å². The van der Waals surface area contributed by atoms with Gasteiger partial charge in [0.2, 0.25) is 0 Å². The predicted molar refractivity (Wildman–Crippen MR) is 78.9 cm³/mol. The minimum atomic E-state index is 0.472. The lowest BCUT2D eigenvalue weighted by atomic mass is 10.2. The summed E-state index contributed by atoms with van der Waals surface area (Å²) in [6.45, 7) is 1.90. The largest absolute Gasteiger partial charge is 0.234 e. The number of thioether (sulfide) groups is 1. The van der Waals surface area contributed by atoms with Crippen LogP contribution in [0.1, 0.15) is 17.1 Å². The van der Waals surface area contributed by atoms with Gasteiger partial charge in [0, 0.05) is 10.6 Å². The van der Waals surface area contributed by atoms with Crippen molar-refractivity contribution in [1.82, 2.24) is 9.97 Å². The lowest BCUT2D eigenvalue weighted by molar-refractivity contribution is 1.08. The quantitative estimate of drug-likeness (QED) is 0.616. The third-order valence-corrected chi connectivity index (χ3v) is 3.32. The smallest absolute Gasteiger partial charge is 0.153 e. The number of rotatable bonds is 3. The fourth-order valence-corrected chi connectivity index (χ4v) is 2.17. The van der Waals surface area contributed by atoms with Crippen LogP contribution in [0.25, 0.3) is 12.2 Å². The van der Waals surface area contributed by atoms with Gasteiger partial charge in [-0.2, -0.15) is 0 Å². The van der Waals surface area contributed by atoms with E-state index in [-0.39, 0.29) is 0 Å². The van der Waals surface area contributed by atoms with Crippen molar-refractivity contribution in [3.05, 3.63) is 52.6 Å². The number of aryl methyl sites for hydroxylation is 1. The van der Waals surface area contributed by atoms with E-state index in [4.69, 9.17) is 11.6 Å². The van der Waals surface area contributed by atoms with Crippen LogP contribution in [0.2, 0.25) is 5.15 Å². The van der Waals surface area contributed by atoms with Gasteiger partial charge in [0.05, 0.1) is 0 Å². The molecule has 2 aromatic rings. The average Bonchev–Trinajstić information content (AvgIpc) is 2.36. The molecule has 0 N–H and O–H groups in total. The molecule has 0 spiro atoms. The van der Waals surface area contributed by atoms with Crippen LogP contribution in [0.3, 0.4) is 0 Å². The van der Waals surface area contributed by atoms with E-state index in [0.717, 1.165) is 11.3 Å². The molecular weight excluding hydrogens is 264 g/mol. The minimum absolute atomic E-state index is 0.472. The first-order valence-electron chi connectivity index (χ1n) is 5.51. The van der Waals surface area contributed by atoms with E-state index >= 15 is 0 Å². The third kappa shape index (κ3) is 3.59. The molecular formula is C14H13ClN2S. The number of halogens is 1. The molecule has 1 aromatic carbocycles. The summed E-state index contributed by atoms with van der Waals surface area (Å²) in [7, 11) is 0. The molecule has 4 heteroatoms. The summed E-state index contributed by atoms with van der Waals surface area (Å²) in [4.78, 5) is 9.69. The number of hydrogen-bond donors (Lipinski definition) is 0. The van der Waals surface area contributed by atoms with Crippen LogP contribution in [0.15, 0.2) is 35.2 Å². The van der Waals surface area contributed by atoms with Crippen LogP contribution in [-0.4, -0.2) is 16.2 Å². The van der Waals surface area contributed by atoms with Crippen molar-refractivity contribution in [3.8, 4) is 0 Å². The van der Waals surface area contributed by atoms with E-state index in [9.17, 15) is 0 Å². The van der Waals surface area contributed by atoms with Crippen molar-refractivity contribution in [2.24, 2.45) is 0 Å². The van der Waals surface area contributed by atoms with Crippen molar-refractivity contribution in [1.29, 1.82) is 0 Å². The maximum atomic E-state index is 5.88. The van der Waals surface area contributed by atoms with Gasteiger partial charge < -0.3 is 0 Å². The Bertz CT molecular complexity index is 544. The molecule has 0 bridgehead atoms. The zero-order valence-electron chi connectivity index (χ0n) is 10.2. The Morgan fingerprint density at radius 2 is 1.83 bits per heavy atom. The third-order valence-electron chi connectivity index (χ3n) is 2.38. The number of hydrogen-bond acceptors (Lipinski definition) is 3. The van der Waals surface area contributed by atoms with Gasteiger partial charge in [-0.25, -0.2) is 9.97 Å². The van der Waals surface area contributed by atoms with Crippen LogP contribution in [-0.2, 0) is 0 Å². The number of benzene rings is 1. The molecule has 1 heterocycles. The van der Waals surface area contributed by atoms with E-state index in [1.165, 1.54) is 4.90 Å². The topological polar surface area (TPSA) is 25.8 Å². The fourth-order valence-electron chi connectivity index (χ4n) is 1.51.